The van der Waals surface area contributed by atoms with E-state index in [1.54, 1.807) is 34.3 Å². The van der Waals surface area contributed by atoms with Gasteiger partial charge in [-0.15, -0.1) is 5.10 Å². The summed E-state index contributed by atoms with van der Waals surface area (Å²) in [4.78, 5) is 14.5. The number of rotatable bonds is 5. The van der Waals surface area contributed by atoms with Crippen molar-refractivity contribution in [1.29, 1.82) is 0 Å². The van der Waals surface area contributed by atoms with Crippen molar-refractivity contribution in [2.45, 2.75) is 44.8 Å². The Hall–Kier alpha value is -2.15. The van der Waals surface area contributed by atoms with Crippen LogP contribution in [0, 0.1) is 0 Å². The molecule has 1 saturated heterocycles. The maximum Gasteiger partial charge on any atom is 0.257 e. The summed E-state index contributed by atoms with van der Waals surface area (Å²) >= 11 is 0. The number of carbonyl (C=O) groups is 1. The van der Waals surface area contributed by atoms with Gasteiger partial charge in [0.25, 0.3) is 5.91 Å². The largest absolute Gasteiger partial charge is 0.469 e. The van der Waals surface area contributed by atoms with Gasteiger partial charge in [-0.05, 0) is 25.3 Å². The van der Waals surface area contributed by atoms with Gasteiger partial charge in [-0.3, -0.25) is 4.79 Å². The molecule has 1 aliphatic rings. The van der Waals surface area contributed by atoms with Crippen molar-refractivity contribution in [1.82, 2.24) is 19.9 Å². The molecule has 1 atom stereocenters. The smallest absolute Gasteiger partial charge is 0.257 e. The highest BCUT2D eigenvalue weighted by molar-refractivity contribution is 5.95. The molecule has 3 heterocycles. The van der Waals surface area contributed by atoms with Crippen LogP contribution in [-0.4, -0.2) is 49.6 Å². The predicted octanol–water partition coefficient (Wildman–Crippen LogP) is 1.49. The highest BCUT2D eigenvalue weighted by atomic mass is 16.3. The standard InChI is InChI=1S/C16H22N4O3/c1-2-4-14-13(5-10-23-14)15(21)19-8-3-6-16(22,11-19)12-20-9-7-17-18-20/h5,7,9-10,22H,2-4,6,8,11-12H2,1H3. The van der Waals surface area contributed by atoms with Crippen LogP contribution in [0.1, 0.15) is 42.3 Å². The molecule has 1 fully saturated rings. The fourth-order valence-electron chi connectivity index (χ4n) is 3.16. The minimum Gasteiger partial charge on any atom is -0.469 e. The first-order chi connectivity index (χ1) is 11.1. The molecule has 0 spiro atoms. The van der Waals surface area contributed by atoms with E-state index in [1.165, 1.54) is 0 Å². The van der Waals surface area contributed by atoms with E-state index >= 15 is 0 Å². The van der Waals surface area contributed by atoms with Crippen LogP contribution in [0.5, 0.6) is 0 Å². The minimum atomic E-state index is -0.976. The quantitative estimate of drug-likeness (QED) is 0.903. The summed E-state index contributed by atoms with van der Waals surface area (Å²) in [5.74, 6) is 0.654. The fourth-order valence-corrected chi connectivity index (χ4v) is 3.16. The molecule has 0 bridgehead atoms. The zero-order chi connectivity index (χ0) is 16.3. The summed E-state index contributed by atoms with van der Waals surface area (Å²) in [6.07, 6.45) is 7.92. The monoisotopic (exact) mass is 318 g/mol. The van der Waals surface area contributed by atoms with Gasteiger partial charge in [0, 0.05) is 19.2 Å². The Labute approximate surface area is 134 Å². The molecule has 3 rings (SSSR count). The second kappa shape index (κ2) is 6.54. The number of piperidine rings is 1. The SMILES string of the molecule is CCCc1occc1C(=O)N1CCCC(O)(Cn2ccnn2)C1. The van der Waals surface area contributed by atoms with Crippen molar-refractivity contribution >= 4 is 5.91 Å². The zero-order valence-electron chi connectivity index (χ0n) is 13.3. The van der Waals surface area contributed by atoms with Crippen LogP contribution < -0.4 is 0 Å². The molecule has 0 saturated carbocycles. The first-order valence-electron chi connectivity index (χ1n) is 8.03. The van der Waals surface area contributed by atoms with Gasteiger partial charge >= 0.3 is 0 Å². The van der Waals surface area contributed by atoms with E-state index in [9.17, 15) is 9.90 Å². The van der Waals surface area contributed by atoms with E-state index in [4.69, 9.17) is 4.42 Å². The molecule has 2 aromatic rings. The molecular weight excluding hydrogens is 296 g/mol. The number of hydrogen-bond donors (Lipinski definition) is 1. The van der Waals surface area contributed by atoms with Crippen molar-refractivity contribution < 1.29 is 14.3 Å². The molecule has 124 valence electrons. The lowest BCUT2D eigenvalue weighted by molar-refractivity contribution is -0.0387. The van der Waals surface area contributed by atoms with Crippen LogP contribution in [-0.2, 0) is 13.0 Å². The summed E-state index contributed by atoms with van der Waals surface area (Å²) in [5, 5.41) is 18.5. The number of likely N-dealkylation sites (tertiary alicyclic amines) is 1. The van der Waals surface area contributed by atoms with Gasteiger partial charge in [-0.25, -0.2) is 4.68 Å². The van der Waals surface area contributed by atoms with Gasteiger partial charge < -0.3 is 14.4 Å². The summed E-state index contributed by atoms with van der Waals surface area (Å²) in [6.45, 7) is 3.33. The third kappa shape index (κ3) is 3.44. The molecular formula is C16H22N4O3. The Morgan fingerprint density at radius 3 is 3.13 bits per heavy atom. The van der Waals surface area contributed by atoms with E-state index in [-0.39, 0.29) is 5.91 Å². The molecule has 1 N–H and O–H groups in total. The Morgan fingerprint density at radius 2 is 2.39 bits per heavy atom. The van der Waals surface area contributed by atoms with E-state index in [0.29, 0.717) is 31.6 Å². The van der Waals surface area contributed by atoms with Crippen molar-refractivity contribution in [2.24, 2.45) is 0 Å². The molecule has 7 heteroatoms. The number of hydrogen-bond acceptors (Lipinski definition) is 5. The normalized spacial score (nSPS) is 21.6. The molecule has 2 aromatic heterocycles. The fraction of sp³-hybridized carbons (Fsp3) is 0.562. The molecule has 23 heavy (non-hydrogen) atoms. The minimum absolute atomic E-state index is 0.0704. The van der Waals surface area contributed by atoms with Gasteiger partial charge in [-0.1, -0.05) is 12.1 Å². The van der Waals surface area contributed by atoms with E-state index < -0.39 is 5.60 Å². The molecule has 0 aromatic carbocycles. The van der Waals surface area contributed by atoms with Gasteiger partial charge in [0.2, 0.25) is 0 Å². The van der Waals surface area contributed by atoms with Crippen molar-refractivity contribution in [3.05, 3.63) is 36.0 Å². The maximum absolute atomic E-state index is 12.8. The summed E-state index contributed by atoms with van der Waals surface area (Å²) in [7, 11) is 0. The van der Waals surface area contributed by atoms with Crippen molar-refractivity contribution in [2.75, 3.05) is 13.1 Å². The summed E-state index contributed by atoms with van der Waals surface area (Å²) in [5.41, 5.74) is -0.368. The zero-order valence-corrected chi connectivity index (χ0v) is 13.3. The number of amides is 1. The van der Waals surface area contributed by atoms with E-state index in [1.807, 2.05) is 0 Å². The van der Waals surface area contributed by atoms with Gasteiger partial charge in [0.05, 0.1) is 31.1 Å². The third-order valence-corrected chi connectivity index (χ3v) is 4.22. The third-order valence-electron chi connectivity index (χ3n) is 4.22. The molecule has 1 aliphatic heterocycles. The molecule has 0 aliphatic carbocycles. The van der Waals surface area contributed by atoms with Gasteiger partial charge in [0.1, 0.15) is 11.4 Å². The lowest BCUT2D eigenvalue weighted by Gasteiger charge is -2.39. The number of furan rings is 1. The Balaban J connectivity index is 1.72. The number of carbonyl (C=O) groups excluding carboxylic acids is 1. The molecule has 7 nitrogen and oxygen atoms in total. The lowest BCUT2D eigenvalue weighted by Crippen LogP contribution is -2.52. The Kier molecular flexibility index (Phi) is 4.47. The predicted molar refractivity (Wildman–Crippen MR) is 82.8 cm³/mol. The van der Waals surface area contributed by atoms with Crippen LogP contribution in [0.4, 0.5) is 0 Å². The highest BCUT2D eigenvalue weighted by Gasteiger charge is 2.36. The number of nitrogens with zero attached hydrogens (tertiary/aromatic N) is 4. The molecule has 0 radical (unpaired) electrons. The molecule has 1 amide bonds. The van der Waals surface area contributed by atoms with E-state index in [0.717, 1.165) is 25.0 Å². The van der Waals surface area contributed by atoms with Crippen LogP contribution >= 0.6 is 0 Å². The van der Waals surface area contributed by atoms with Gasteiger partial charge in [-0.2, -0.15) is 0 Å². The first-order valence-corrected chi connectivity index (χ1v) is 8.03. The average Bonchev–Trinajstić information content (AvgIpc) is 3.18. The van der Waals surface area contributed by atoms with Crippen LogP contribution in [0.3, 0.4) is 0 Å². The summed E-state index contributed by atoms with van der Waals surface area (Å²) in [6, 6.07) is 1.72. The van der Waals surface area contributed by atoms with Crippen molar-refractivity contribution in [3.63, 3.8) is 0 Å². The van der Waals surface area contributed by atoms with E-state index in [2.05, 4.69) is 17.2 Å². The Morgan fingerprint density at radius 1 is 1.52 bits per heavy atom. The van der Waals surface area contributed by atoms with Gasteiger partial charge in [0.15, 0.2) is 0 Å². The van der Waals surface area contributed by atoms with Crippen LogP contribution in [0.25, 0.3) is 0 Å². The second-order valence-electron chi connectivity index (χ2n) is 6.16. The van der Waals surface area contributed by atoms with Crippen LogP contribution in [0.2, 0.25) is 0 Å². The number of β-amino-alcohol motifs (C(OH)–C–C–N with tert-alkyl or cyclic N) is 1. The maximum atomic E-state index is 12.8. The second-order valence-corrected chi connectivity index (χ2v) is 6.16. The first kappa shape index (κ1) is 15.7. The summed E-state index contributed by atoms with van der Waals surface area (Å²) < 4.78 is 7.03. The molecule has 1 unspecified atom stereocenters. The topological polar surface area (TPSA) is 84.4 Å². The number of aryl methyl sites for hydroxylation is 1. The highest BCUT2D eigenvalue weighted by Crippen LogP contribution is 2.25. The number of aromatic nitrogens is 3. The Bertz CT molecular complexity index is 652. The lowest BCUT2D eigenvalue weighted by atomic mass is 9.92. The van der Waals surface area contributed by atoms with Crippen molar-refractivity contribution in [3.8, 4) is 0 Å². The number of aliphatic hydroxyl groups is 1. The van der Waals surface area contributed by atoms with Crippen LogP contribution in [0.15, 0.2) is 29.1 Å². The average molecular weight is 318 g/mol.